The number of hydrogen-bond acceptors (Lipinski definition) is 2. The monoisotopic (exact) mass is 413 g/mol. The molecule has 0 unspecified atom stereocenters. The molecule has 2 aromatic carbocycles. The van der Waals surface area contributed by atoms with Crippen LogP contribution in [0.15, 0.2) is 84.8 Å². The fourth-order valence-corrected chi connectivity index (χ4v) is 4.51. The first-order valence-corrected chi connectivity index (χ1v) is 10.3. The Labute approximate surface area is 179 Å². The highest BCUT2D eigenvalue weighted by molar-refractivity contribution is 6.32. The number of benzene rings is 2. The van der Waals surface area contributed by atoms with Crippen LogP contribution in [0.5, 0.6) is 0 Å². The summed E-state index contributed by atoms with van der Waals surface area (Å²) in [4.78, 5) is 13.6. The second kappa shape index (κ2) is 7.19. The van der Waals surface area contributed by atoms with E-state index >= 15 is 0 Å². The van der Waals surface area contributed by atoms with E-state index in [-0.39, 0.29) is 18.0 Å². The van der Waals surface area contributed by atoms with Gasteiger partial charge < -0.3 is 9.51 Å². The molecule has 1 atom stereocenters. The maximum atomic E-state index is 13.6. The number of aryl methyl sites for hydroxylation is 1. The van der Waals surface area contributed by atoms with E-state index in [2.05, 4.69) is 10.5 Å². The Bertz CT molecular complexity index is 1320. The van der Waals surface area contributed by atoms with Gasteiger partial charge in [0.15, 0.2) is 5.78 Å². The van der Waals surface area contributed by atoms with Gasteiger partial charge in [-0.3, -0.25) is 4.79 Å². The lowest BCUT2D eigenvalue weighted by Crippen LogP contribution is -2.11. The SMILES string of the molecule is Cc1ccc(C2=C(O)C[C@@H](c3c(-c4ccccc4)cc4ccccn34)C2=O)cc1Cl. The summed E-state index contributed by atoms with van der Waals surface area (Å²) < 4.78 is 2.06. The lowest BCUT2D eigenvalue weighted by atomic mass is 9.92. The van der Waals surface area contributed by atoms with Crippen molar-refractivity contribution in [3.63, 3.8) is 0 Å². The number of rotatable bonds is 3. The van der Waals surface area contributed by atoms with Gasteiger partial charge in [0.1, 0.15) is 5.76 Å². The lowest BCUT2D eigenvalue weighted by Gasteiger charge is -2.14. The van der Waals surface area contributed by atoms with E-state index < -0.39 is 5.92 Å². The molecule has 0 radical (unpaired) electrons. The molecule has 4 aromatic rings. The third kappa shape index (κ3) is 2.94. The molecular formula is C26H20ClNO2. The molecule has 4 heteroatoms. The van der Waals surface area contributed by atoms with Crippen LogP contribution in [0.2, 0.25) is 5.02 Å². The number of aliphatic hydroxyl groups is 1. The predicted octanol–water partition coefficient (Wildman–Crippen LogP) is 6.59. The van der Waals surface area contributed by atoms with Gasteiger partial charge in [-0.25, -0.2) is 0 Å². The number of aliphatic hydroxyl groups excluding tert-OH is 1. The number of allylic oxidation sites excluding steroid dienone is 2. The van der Waals surface area contributed by atoms with Crippen molar-refractivity contribution in [1.29, 1.82) is 0 Å². The van der Waals surface area contributed by atoms with Crippen LogP contribution < -0.4 is 0 Å². The van der Waals surface area contributed by atoms with E-state index in [1.54, 1.807) is 6.07 Å². The number of carbonyl (C=O) groups is 1. The molecule has 3 nitrogen and oxygen atoms in total. The third-order valence-corrected chi connectivity index (χ3v) is 6.25. The zero-order chi connectivity index (χ0) is 20.8. The Morgan fingerprint density at radius 3 is 2.50 bits per heavy atom. The second-order valence-corrected chi connectivity index (χ2v) is 8.12. The van der Waals surface area contributed by atoms with Crippen molar-refractivity contribution >= 4 is 28.5 Å². The number of pyridine rings is 1. The van der Waals surface area contributed by atoms with Crippen LogP contribution in [0, 0.1) is 6.92 Å². The highest BCUT2D eigenvalue weighted by Gasteiger charge is 2.38. The molecule has 2 heterocycles. The lowest BCUT2D eigenvalue weighted by molar-refractivity contribution is -0.114. The number of nitrogens with zero attached hydrogens (tertiary/aromatic N) is 1. The van der Waals surface area contributed by atoms with Gasteiger partial charge >= 0.3 is 0 Å². The third-order valence-electron chi connectivity index (χ3n) is 5.84. The topological polar surface area (TPSA) is 41.7 Å². The van der Waals surface area contributed by atoms with Gasteiger partial charge in [0, 0.05) is 34.4 Å². The molecule has 1 N–H and O–H groups in total. The summed E-state index contributed by atoms with van der Waals surface area (Å²) in [5, 5.41) is 11.4. The molecule has 30 heavy (non-hydrogen) atoms. The molecule has 0 bridgehead atoms. The van der Waals surface area contributed by atoms with Gasteiger partial charge in [-0.1, -0.05) is 60.1 Å². The summed E-state index contributed by atoms with van der Waals surface area (Å²) >= 11 is 6.29. The van der Waals surface area contributed by atoms with Crippen molar-refractivity contribution in [3.8, 4) is 11.1 Å². The molecule has 148 valence electrons. The molecule has 0 fully saturated rings. The summed E-state index contributed by atoms with van der Waals surface area (Å²) in [6.45, 7) is 1.92. The number of ketones is 1. The van der Waals surface area contributed by atoms with Crippen molar-refractivity contribution in [2.45, 2.75) is 19.3 Å². The Balaban J connectivity index is 1.65. The fourth-order valence-electron chi connectivity index (χ4n) is 4.33. The maximum Gasteiger partial charge on any atom is 0.176 e. The normalized spacial score (nSPS) is 16.6. The van der Waals surface area contributed by atoms with E-state index in [0.29, 0.717) is 16.2 Å². The van der Waals surface area contributed by atoms with Crippen molar-refractivity contribution in [2.75, 3.05) is 0 Å². The van der Waals surface area contributed by atoms with E-state index in [0.717, 1.165) is 27.9 Å². The van der Waals surface area contributed by atoms with Gasteiger partial charge in [0.2, 0.25) is 0 Å². The molecule has 0 aliphatic heterocycles. The minimum Gasteiger partial charge on any atom is -0.512 e. The summed E-state index contributed by atoms with van der Waals surface area (Å²) in [6.07, 6.45) is 2.25. The van der Waals surface area contributed by atoms with Crippen LogP contribution in [-0.2, 0) is 4.79 Å². The standard InChI is InChI=1S/C26H20ClNO2/c1-16-10-11-18(13-22(16)27)24-23(29)15-21(26(24)30)25-20(17-7-3-2-4-8-17)14-19-9-5-6-12-28(19)25/h2-14,21,29H,15H2,1H3/t21-/m0/s1. The van der Waals surface area contributed by atoms with Gasteiger partial charge in [0.25, 0.3) is 0 Å². The number of carbonyl (C=O) groups excluding carboxylic acids is 1. The zero-order valence-electron chi connectivity index (χ0n) is 16.5. The molecular weight excluding hydrogens is 394 g/mol. The zero-order valence-corrected chi connectivity index (χ0v) is 17.2. The van der Waals surface area contributed by atoms with Crippen molar-refractivity contribution < 1.29 is 9.90 Å². The molecule has 0 saturated carbocycles. The van der Waals surface area contributed by atoms with E-state index in [4.69, 9.17) is 11.6 Å². The van der Waals surface area contributed by atoms with Crippen LogP contribution >= 0.6 is 11.6 Å². The summed E-state index contributed by atoms with van der Waals surface area (Å²) in [5.41, 5.74) is 5.95. The number of hydrogen-bond donors (Lipinski definition) is 1. The van der Waals surface area contributed by atoms with E-state index in [1.807, 2.05) is 73.8 Å². The highest BCUT2D eigenvalue weighted by Crippen LogP contribution is 2.44. The van der Waals surface area contributed by atoms with Crippen LogP contribution in [0.3, 0.4) is 0 Å². The van der Waals surface area contributed by atoms with Crippen LogP contribution in [0.25, 0.3) is 22.2 Å². The summed E-state index contributed by atoms with van der Waals surface area (Å²) in [6, 6.07) is 23.6. The first kappa shape index (κ1) is 18.7. The average molecular weight is 414 g/mol. The first-order valence-electron chi connectivity index (χ1n) is 9.93. The predicted molar refractivity (Wildman–Crippen MR) is 121 cm³/mol. The highest BCUT2D eigenvalue weighted by atomic mass is 35.5. The van der Waals surface area contributed by atoms with Gasteiger partial charge in [-0.15, -0.1) is 0 Å². The van der Waals surface area contributed by atoms with Crippen molar-refractivity contribution in [3.05, 3.63) is 107 Å². The summed E-state index contributed by atoms with van der Waals surface area (Å²) in [7, 11) is 0. The number of aromatic nitrogens is 1. The Morgan fingerprint density at radius 1 is 0.967 bits per heavy atom. The minimum atomic E-state index is -0.458. The van der Waals surface area contributed by atoms with Crippen molar-refractivity contribution in [2.24, 2.45) is 0 Å². The van der Waals surface area contributed by atoms with Crippen LogP contribution in [0.1, 0.15) is 29.2 Å². The molecule has 1 aliphatic carbocycles. The molecule has 0 saturated heterocycles. The van der Waals surface area contributed by atoms with Gasteiger partial charge in [-0.2, -0.15) is 0 Å². The Kier molecular flexibility index (Phi) is 4.48. The van der Waals surface area contributed by atoms with E-state index in [1.165, 1.54) is 0 Å². The van der Waals surface area contributed by atoms with Gasteiger partial charge in [-0.05, 0) is 47.9 Å². The fraction of sp³-hybridized carbons (Fsp3) is 0.115. The quantitative estimate of drug-likeness (QED) is 0.411. The Hall–Kier alpha value is -3.30. The van der Waals surface area contributed by atoms with E-state index in [9.17, 15) is 9.90 Å². The largest absolute Gasteiger partial charge is 0.512 e. The number of Topliss-reactive ketones (excluding diaryl/α,β-unsaturated/α-hetero) is 1. The summed E-state index contributed by atoms with van der Waals surface area (Å²) in [5.74, 6) is -0.413. The second-order valence-electron chi connectivity index (χ2n) is 7.71. The molecule has 0 amide bonds. The first-order chi connectivity index (χ1) is 14.5. The molecule has 2 aromatic heterocycles. The average Bonchev–Trinajstić information content (AvgIpc) is 3.27. The molecule has 5 rings (SSSR count). The van der Waals surface area contributed by atoms with Crippen LogP contribution in [0.4, 0.5) is 0 Å². The Morgan fingerprint density at radius 2 is 1.73 bits per heavy atom. The smallest absolute Gasteiger partial charge is 0.176 e. The van der Waals surface area contributed by atoms with Gasteiger partial charge in [0.05, 0.1) is 11.5 Å². The van der Waals surface area contributed by atoms with Crippen molar-refractivity contribution in [1.82, 2.24) is 4.40 Å². The number of halogens is 1. The minimum absolute atomic E-state index is 0.0755. The number of fused-ring (bicyclic) bond motifs is 1. The molecule has 1 aliphatic rings. The molecule has 0 spiro atoms. The maximum absolute atomic E-state index is 13.6. The van der Waals surface area contributed by atoms with Crippen LogP contribution in [-0.4, -0.2) is 15.3 Å².